The number of carboxylic acid groups (broad SMARTS) is 2. The van der Waals surface area contributed by atoms with Gasteiger partial charge in [-0.3, -0.25) is 9.59 Å². The van der Waals surface area contributed by atoms with Crippen molar-refractivity contribution in [2.75, 3.05) is 0 Å². The Bertz CT molecular complexity index is 169. The van der Waals surface area contributed by atoms with Gasteiger partial charge in [0, 0.05) is 6.42 Å². The fraction of sp³-hybridized carbons (Fsp3) is 0.667. The van der Waals surface area contributed by atoms with Crippen LogP contribution in [-0.4, -0.2) is 33.4 Å². The van der Waals surface area contributed by atoms with Crippen LogP contribution in [0.2, 0.25) is 0 Å². The van der Waals surface area contributed by atoms with Crippen LogP contribution in [0.15, 0.2) is 0 Å². The Kier molecular flexibility index (Phi) is 4.98. The van der Waals surface area contributed by atoms with E-state index in [0.29, 0.717) is 0 Å². The summed E-state index contributed by atoms with van der Waals surface area (Å²) in [5.74, 6) is -2.17. The van der Waals surface area contributed by atoms with E-state index in [1.807, 2.05) is 0 Å². The molecule has 0 rings (SSSR count). The predicted octanol–water partition coefficient (Wildman–Crippen LogP) is -0.327. The third kappa shape index (κ3) is 4.64. The Morgan fingerprint density at radius 3 is 2.25 bits per heavy atom. The van der Waals surface area contributed by atoms with Gasteiger partial charge >= 0.3 is 11.9 Å². The molecule has 0 aromatic carbocycles. The highest BCUT2D eigenvalue weighted by Crippen LogP contribution is 2.00. The molecule has 0 aliphatic heterocycles. The molecule has 0 heterocycles. The van der Waals surface area contributed by atoms with Crippen molar-refractivity contribution in [2.24, 2.45) is 0 Å². The highest BCUT2D eigenvalue weighted by molar-refractivity contribution is 5.73. The maximum atomic E-state index is 10.2. The van der Waals surface area contributed by atoms with Gasteiger partial charge in [0.15, 0.2) is 0 Å². The molecule has 1 unspecified atom stereocenters. The zero-order valence-electron chi connectivity index (χ0n) is 6.36. The molecule has 6 heteroatoms. The average Bonchev–Trinajstić information content (AvgIpc) is 1.96. The molecule has 0 saturated heterocycles. The number of hydrogen-bond acceptors (Lipinski definition) is 4. The van der Waals surface area contributed by atoms with Crippen LogP contribution in [0.3, 0.4) is 0 Å². The van der Waals surface area contributed by atoms with Gasteiger partial charge in [-0.2, -0.15) is 5.48 Å². The summed E-state index contributed by atoms with van der Waals surface area (Å²) in [4.78, 5) is 20.2. The van der Waals surface area contributed by atoms with Crippen molar-refractivity contribution in [3.63, 3.8) is 0 Å². The second kappa shape index (κ2) is 5.50. The maximum absolute atomic E-state index is 10.2. The number of hydrogen-bond donors (Lipinski definition) is 4. The number of carbonyl (C=O) groups is 2. The Morgan fingerprint density at radius 2 is 1.92 bits per heavy atom. The molecule has 4 N–H and O–H groups in total. The Morgan fingerprint density at radius 1 is 1.33 bits per heavy atom. The molecule has 0 aromatic heterocycles. The molecular formula is C6H11NO5. The van der Waals surface area contributed by atoms with E-state index in [0.717, 1.165) is 0 Å². The molecule has 12 heavy (non-hydrogen) atoms. The fourth-order valence-corrected chi connectivity index (χ4v) is 0.701. The molecule has 0 spiro atoms. The van der Waals surface area contributed by atoms with Crippen LogP contribution in [0.25, 0.3) is 0 Å². The van der Waals surface area contributed by atoms with Crippen molar-refractivity contribution in [1.82, 2.24) is 5.48 Å². The molecule has 0 aliphatic rings. The molecule has 0 aliphatic carbocycles. The molecule has 1 atom stereocenters. The fourth-order valence-electron chi connectivity index (χ4n) is 0.701. The van der Waals surface area contributed by atoms with Crippen molar-refractivity contribution in [2.45, 2.75) is 25.3 Å². The monoisotopic (exact) mass is 177 g/mol. The van der Waals surface area contributed by atoms with E-state index in [1.165, 1.54) is 0 Å². The van der Waals surface area contributed by atoms with Crippen LogP contribution in [0.4, 0.5) is 0 Å². The first kappa shape index (κ1) is 10.9. The van der Waals surface area contributed by atoms with Gasteiger partial charge in [0.25, 0.3) is 0 Å². The molecule has 0 saturated carbocycles. The lowest BCUT2D eigenvalue weighted by atomic mass is 10.1. The third-order valence-corrected chi connectivity index (χ3v) is 1.34. The van der Waals surface area contributed by atoms with E-state index >= 15 is 0 Å². The summed E-state index contributed by atoms with van der Waals surface area (Å²) in [5.41, 5.74) is 1.58. The van der Waals surface area contributed by atoms with Gasteiger partial charge in [-0.05, 0) is 12.8 Å². The first-order chi connectivity index (χ1) is 5.57. The summed E-state index contributed by atoms with van der Waals surface area (Å²) in [5, 5.41) is 24.9. The lowest BCUT2D eigenvalue weighted by Crippen LogP contribution is -2.34. The van der Waals surface area contributed by atoms with Gasteiger partial charge in [0.2, 0.25) is 0 Å². The molecular weight excluding hydrogens is 166 g/mol. The highest BCUT2D eigenvalue weighted by atomic mass is 16.5. The minimum Gasteiger partial charge on any atom is -0.481 e. The molecule has 0 aromatic rings. The molecule has 70 valence electrons. The van der Waals surface area contributed by atoms with Gasteiger partial charge in [0.05, 0.1) is 0 Å². The van der Waals surface area contributed by atoms with Crippen LogP contribution >= 0.6 is 0 Å². The maximum Gasteiger partial charge on any atom is 0.323 e. The van der Waals surface area contributed by atoms with E-state index in [4.69, 9.17) is 15.4 Å². The first-order valence-corrected chi connectivity index (χ1v) is 3.42. The van der Waals surface area contributed by atoms with Crippen molar-refractivity contribution < 1.29 is 25.0 Å². The Labute approximate surface area is 68.8 Å². The van der Waals surface area contributed by atoms with Crippen LogP contribution in [0, 0.1) is 0 Å². The summed E-state index contributed by atoms with van der Waals surface area (Å²) in [6.07, 6.45) is 0.226. The topological polar surface area (TPSA) is 107 Å². The number of hydroxylamine groups is 1. The largest absolute Gasteiger partial charge is 0.481 e. The smallest absolute Gasteiger partial charge is 0.323 e. The van der Waals surface area contributed by atoms with E-state index < -0.39 is 18.0 Å². The number of aliphatic carboxylic acids is 2. The summed E-state index contributed by atoms with van der Waals surface area (Å²) in [7, 11) is 0. The Hall–Kier alpha value is -1.14. The summed E-state index contributed by atoms with van der Waals surface area (Å²) in [6, 6.07) is -1.08. The van der Waals surface area contributed by atoms with Crippen LogP contribution in [-0.2, 0) is 9.59 Å². The average molecular weight is 177 g/mol. The van der Waals surface area contributed by atoms with Crippen LogP contribution in [0.1, 0.15) is 19.3 Å². The standard InChI is InChI=1S/C6H11NO5/c8-5(9)3-1-2-4(7-12)6(10)11/h4,7,12H,1-3H2,(H,8,9)(H,10,11). The van der Waals surface area contributed by atoms with E-state index in [9.17, 15) is 9.59 Å². The summed E-state index contributed by atoms with van der Waals surface area (Å²) < 4.78 is 0. The third-order valence-electron chi connectivity index (χ3n) is 1.34. The number of carboxylic acids is 2. The lowest BCUT2D eigenvalue weighted by Gasteiger charge is -2.07. The van der Waals surface area contributed by atoms with Gasteiger partial charge in [-0.1, -0.05) is 0 Å². The van der Waals surface area contributed by atoms with Gasteiger partial charge < -0.3 is 15.4 Å². The molecule has 0 amide bonds. The van der Waals surface area contributed by atoms with Gasteiger partial charge in [0.1, 0.15) is 6.04 Å². The van der Waals surface area contributed by atoms with Crippen molar-refractivity contribution in [3.05, 3.63) is 0 Å². The predicted molar refractivity (Wildman–Crippen MR) is 37.8 cm³/mol. The second-order valence-electron chi connectivity index (χ2n) is 2.31. The van der Waals surface area contributed by atoms with Gasteiger partial charge in [-0.15, -0.1) is 0 Å². The van der Waals surface area contributed by atoms with Crippen molar-refractivity contribution in [3.8, 4) is 0 Å². The first-order valence-electron chi connectivity index (χ1n) is 3.42. The van der Waals surface area contributed by atoms with E-state index in [2.05, 4.69) is 0 Å². The SMILES string of the molecule is O=C(O)CCCC(NO)C(=O)O. The van der Waals surface area contributed by atoms with Crippen molar-refractivity contribution in [1.29, 1.82) is 0 Å². The van der Waals surface area contributed by atoms with Crippen molar-refractivity contribution >= 4 is 11.9 Å². The lowest BCUT2D eigenvalue weighted by molar-refractivity contribution is -0.143. The van der Waals surface area contributed by atoms with E-state index in [1.54, 1.807) is 5.48 Å². The summed E-state index contributed by atoms with van der Waals surface area (Å²) >= 11 is 0. The van der Waals surface area contributed by atoms with E-state index in [-0.39, 0.29) is 19.3 Å². The number of rotatable bonds is 6. The second-order valence-corrected chi connectivity index (χ2v) is 2.31. The molecule has 0 bridgehead atoms. The quantitative estimate of drug-likeness (QED) is 0.414. The summed E-state index contributed by atoms with van der Waals surface area (Å²) in [6.45, 7) is 0. The van der Waals surface area contributed by atoms with Crippen LogP contribution in [0.5, 0.6) is 0 Å². The van der Waals surface area contributed by atoms with Crippen LogP contribution < -0.4 is 5.48 Å². The normalized spacial score (nSPS) is 12.4. The van der Waals surface area contributed by atoms with Gasteiger partial charge in [-0.25, -0.2) is 0 Å². The highest BCUT2D eigenvalue weighted by Gasteiger charge is 2.15. The number of nitrogens with one attached hydrogen (secondary N) is 1. The molecule has 0 radical (unpaired) electrons. The zero-order chi connectivity index (χ0) is 9.56. The minimum absolute atomic E-state index is 0.0918. The minimum atomic E-state index is -1.19. The Balaban J connectivity index is 3.59. The molecule has 0 fully saturated rings. The zero-order valence-corrected chi connectivity index (χ0v) is 6.36. The molecule has 6 nitrogen and oxygen atoms in total.